The summed E-state index contributed by atoms with van der Waals surface area (Å²) < 4.78 is 10.8. The first kappa shape index (κ1) is 18.2. The Labute approximate surface area is 141 Å². The highest BCUT2D eigenvalue weighted by molar-refractivity contribution is 5.92. The molecule has 2 N–H and O–H groups in total. The molecule has 24 heavy (non-hydrogen) atoms. The standard InChI is InChI=1S/C16H26N4O4/c1-15(2,3)10(17-14(22)24-16(4,5)6)12-19-20-13(23-12)18-11(21)9-7-8-9/h9-10H,7-8H2,1-6H3,(H,17,22)(H,18,20,21). The Bertz CT molecular complexity index is 608. The maximum Gasteiger partial charge on any atom is 0.408 e. The van der Waals surface area contributed by atoms with Crippen molar-refractivity contribution < 1.29 is 18.7 Å². The number of carbonyl (C=O) groups is 2. The van der Waals surface area contributed by atoms with Gasteiger partial charge in [0.05, 0.1) is 0 Å². The van der Waals surface area contributed by atoms with E-state index in [-0.39, 0.29) is 29.1 Å². The lowest BCUT2D eigenvalue weighted by Crippen LogP contribution is -2.40. The second-order valence-corrected chi connectivity index (χ2v) is 8.15. The number of carbonyl (C=O) groups excluding carboxylic acids is 2. The summed E-state index contributed by atoms with van der Waals surface area (Å²) in [5, 5.41) is 13.2. The molecule has 0 radical (unpaired) electrons. The van der Waals surface area contributed by atoms with Crippen LogP contribution < -0.4 is 10.6 Å². The van der Waals surface area contributed by atoms with Crippen molar-refractivity contribution >= 4 is 18.0 Å². The molecule has 1 aliphatic rings. The fraction of sp³-hybridized carbons (Fsp3) is 0.750. The van der Waals surface area contributed by atoms with Gasteiger partial charge in [-0.15, -0.1) is 5.10 Å². The minimum absolute atomic E-state index is 0.0404. The quantitative estimate of drug-likeness (QED) is 0.874. The van der Waals surface area contributed by atoms with Gasteiger partial charge in [-0.05, 0) is 39.0 Å². The number of anilines is 1. The maximum absolute atomic E-state index is 12.1. The topological polar surface area (TPSA) is 106 Å². The highest BCUT2D eigenvalue weighted by Crippen LogP contribution is 2.34. The van der Waals surface area contributed by atoms with Gasteiger partial charge in [0.2, 0.25) is 11.8 Å². The number of rotatable bonds is 4. The average molecular weight is 338 g/mol. The second-order valence-electron chi connectivity index (χ2n) is 8.15. The zero-order valence-corrected chi connectivity index (χ0v) is 15.1. The molecule has 1 atom stereocenters. The van der Waals surface area contributed by atoms with Crippen molar-refractivity contribution in [1.29, 1.82) is 0 Å². The molecular weight excluding hydrogens is 312 g/mol. The molecule has 1 fully saturated rings. The molecule has 8 nitrogen and oxygen atoms in total. The van der Waals surface area contributed by atoms with Gasteiger partial charge >= 0.3 is 12.1 Å². The van der Waals surface area contributed by atoms with Crippen LogP contribution >= 0.6 is 0 Å². The third-order valence-electron chi connectivity index (χ3n) is 3.39. The van der Waals surface area contributed by atoms with Crippen LogP contribution in [0.4, 0.5) is 10.8 Å². The van der Waals surface area contributed by atoms with E-state index < -0.39 is 17.7 Å². The first-order valence-corrected chi connectivity index (χ1v) is 8.09. The van der Waals surface area contributed by atoms with Crippen LogP contribution in [0.25, 0.3) is 0 Å². The Morgan fingerprint density at radius 3 is 2.29 bits per heavy atom. The van der Waals surface area contributed by atoms with E-state index in [1.165, 1.54) is 0 Å². The Morgan fingerprint density at radius 2 is 1.79 bits per heavy atom. The lowest BCUT2D eigenvalue weighted by molar-refractivity contribution is -0.117. The van der Waals surface area contributed by atoms with E-state index in [1.807, 2.05) is 20.8 Å². The minimum Gasteiger partial charge on any atom is -0.444 e. The first-order valence-electron chi connectivity index (χ1n) is 8.09. The molecule has 2 rings (SSSR count). The van der Waals surface area contributed by atoms with Crippen LogP contribution in [0, 0.1) is 11.3 Å². The molecule has 0 spiro atoms. The van der Waals surface area contributed by atoms with Crippen LogP contribution in [0.2, 0.25) is 0 Å². The van der Waals surface area contributed by atoms with E-state index in [1.54, 1.807) is 20.8 Å². The van der Waals surface area contributed by atoms with E-state index >= 15 is 0 Å². The molecule has 0 aromatic carbocycles. The zero-order chi connectivity index (χ0) is 18.1. The summed E-state index contributed by atoms with van der Waals surface area (Å²) in [4.78, 5) is 23.8. The fourth-order valence-electron chi connectivity index (χ4n) is 2.03. The van der Waals surface area contributed by atoms with E-state index in [4.69, 9.17) is 9.15 Å². The summed E-state index contributed by atoms with van der Waals surface area (Å²) in [6, 6.07) is -0.506. The van der Waals surface area contributed by atoms with Crippen molar-refractivity contribution in [2.45, 2.75) is 66.0 Å². The van der Waals surface area contributed by atoms with Gasteiger partial charge in [-0.3, -0.25) is 10.1 Å². The molecular formula is C16H26N4O4. The molecule has 1 aromatic rings. The Kier molecular flexibility index (Phi) is 4.87. The second kappa shape index (κ2) is 6.41. The number of ether oxygens (including phenoxy) is 1. The van der Waals surface area contributed by atoms with Gasteiger partial charge in [0, 0.05) is 5.92 Å². The van der Waals surface area contributed by atoms with E-state index in [2.05, 4.69) is 20.8 Å². The van der Waals surface area contributed by atoms with E-state index in [9.17, 15) is 9.59 Å². The van der Waals surface area contributed by atoms with Crippen LogP contribution in [0.3, 0.4) is 0 Å². The van der Waals surface area contributed by atoms with Crippen molar-refractivity contribution in [3.05, 3.63) is 5.89 Å². The van der Waals surface area contributed by atoms with Crippen LogP contribution in [0.15, 0.2) is 4.42 Å². The fourth-order valence-corrected chi connectivity index (χ4v) is 2.03. The number of nitrogens with one attached hydrogen (secondary N) is 2. The van der Waals surface area contributed by atoms with Crippen LogP contribution in [0.1, 0.15) is 66.3 Å². The average Bonchev–Trinajstić information content (AvgIpc) is 3.14. The van der Waals surface area contributed by atoms with Crippen LogP contribution in [-0.2, 0) is 9.53 Å². The largest absolute Gasteiger partial charge is 0.444 e. The minimum atomic E-state index is -0.606. The first-order chi connectivity index (χ1) is 11.0. The van der Waals surface area contributed by atoms with Crippen molar-refractivity contribution in [1.82, 2.24) is 15.5 Å². The number of hydrogen-bond donors (Lipinski definition) is 2. The van der Waals surface area contributed by atoms with E-state index in [0.717, 1.165) is 12.8 Å². The van der Waals surface area contributed by atoms with Gasteiger partial charge in [-0.2, -0.15) is 0 Å². The molecule has 1 aromatic heterocycles. The van der Waals surface area contributed by atoms with Crippen molar-refractivity contribution in [3.63, 3.8) is 0 Å². The molecule has 2 amide bonds. The lowest BCUT2D eigenvalue weighted by atomic mass is 9.87. The normalized spacial score (nSPS) is 16.4. The van der Waals surface area contributed by atoms with Crippen molar-refractivity contribution in [2.24, 2.45) is 11.3 Å². The number of amides is 2. The monoisotopic (exact) mass is 338 g/mol. The number of nitrogens with zero attached hydrogens (tertiary/aromatic N) is 2. The smallest absolute Gasteiger partial charge is 0.408 e. The predicted molar refractivity (Wildman–Crippen MR) is 87.2 cm³/mol. The molecule has 0 bridgehead atoms. The Morgan fingerprint density at radius 1 is 1.17 bits per heavy atom. The SMILES string of the molecule is CC(C)(C)OC(=O)NC(c1nnc(NC(=O)C2CC2)o1)C(C)(C)C. The number of alkyl carbamates (subject to hydrolysis) is 1. The summed E-state index contributed by atoms with van der Waals surface area (Å²) >= 11 is 0. The maximum atomic E-state index is 12.1. The van der Waals surface area contributed by atoms with Gasteiger partial charge in [0.1, 0.15) is 11.6 Å². The summed E-state index contributed by atoms with van der Waals surface area (Å²) in [5.41, 5.74) is -0.994. The summed E-state index contributed by atoms with van der Waals surface area (Å²) in [7, 11) is 0. The lowest BCUT2D eigenvalue weighted by Gasteiger charge is -2.29. The molecule has 134 valence electrons. The van der Waals surface area contributed by atoms with Crippen molar-refractivity contribution in [3.8, 4) is 0 Å². The molecule has 0 saturated heterocycles. The molecule has 0 aliphatic heterocycles. The molecule has 1 saturated carbocycles. The Balaban J connectivity index is 2.09. The zero-order valence-electron chi connectivity index (χ0n) is 15.1. The highest BCUT2D eigenvalue weighted by atomic mass is 16.6. The third-order valence-corrected chi connectivity index (χ3v) is 3.39. The van der Waals surface area contributed by atoms with Gasteiger partial charge in [-0.25, -0.2) is 4.79 Å². The number of hydrogen-bond acceptors (Lipinski definition) is 6. The predicted octanol–water partition coefficient (Wildman–Crippen LogP) is 3.03. The van der Waals surface area contributed by atoms with Crippen LogP contribution in [-0.4, -0.2) is 27.8 Å². The summed E-state index contributed by atoms with van der Waals surface area (Å²) in [6.45, 7) is 11.2. The molecule has 1 unspecified atom stereocenters. The summed E-state index contributed by atoms with van der Waals surface area (Å²) in [5.74, 6) is 0.149. The van der Waals surface area contributed by atoms with Crippen molar-refractivity contribution in [2.75, 3.05) is 5.32 Å². The van der Waals surface area contributed by atoms with Crippen LogP contribution in [0.5, 0.6) is 0 Å². The van der Waals surface area contributed by atoms with Gasteiger partial charge < -0.3 is 14.5 Å². The Hall–Kier alpha value is -2.12. The molecule has 1 heterocycles. The van der Waals surface area contributed by atoms with Gasteiger partial charge in [0.25, 0.3) is 0 Å². The molecule has 1 aliphatic carbocycles. The van der Waals surface area contributed by atoms with Gasteiger partial charge in [0.15, 0.2) is 0 Å². The van der Waals surface area contributed by atoms with Gasteiger partial charge in [-0.1, -0.05) is 25.9 Å². The number of aromatic nitrogens is 2. The molecule has 8 heteroatoms. The summed E-state index contributed by atoms with van der Waals surface area (Å²) in [6.07, 6.45) is 1.21. The van der Waals surface area contributed by atoms with E-state index in [0.29, 0.717) is 0 Å². The highest BCUT2D eigenvalue weighted by Gasteiger charge is 2.35. The third kappa shape index (κ3) is 5.21.